The quantitative estimate of drug-likeness (QED) is 0.663. The van der Waals surface area contributed by atoms with Gasteiger partial charge in [-0.2, -0.15) is 5.26 Å². The van der Waals surface area contributed by atoms with Crippen LogP contribution in [0.5, 0.6) is 0 Å². The van der Waals surface area contributed by atoms with Crippen molar-refractivity contribution in [3.05, 3.63) is 71.5 Å². The van der Waals surface area contributed by atoms with Gasteiger partial charge in [0, 0.05) is 5.56 Å². The van der Waals surface area contributed by atoms with Crippen LogP contribution in [0.1, 0.15) is 15.9 Å². The summed E-state index contributed by atoms with van der Waals surface area (Å²) in [6.45, 7) is 0. The third-order valence-corrected chi connectivity index (χ3v) is 3.70. The van der Waals surface area contributed by atoms with Gasteiger partial charge in [0.15, 0.2) is 0 Å². The maximum atomic E-state index is 13.6. The van der Waals surface area contributed by atoms with E-state index in [9.17, 15) is 14.4 Å². The number of methoxy groups -OCH3 is 1. The van der Waals surface area contributed by atoms with Gasteiger partial charge in [-0.1, -0.05) is 24.3 Å². The Hall–Kier alpha value is -3.19. The lowest BCUT2D eigenvalue weighted by atomic mass is 9.94. The zero-order valence-corrected chi connectivity index (χ0v) is 12.3. The molecule has 0 aliphatic heterocycles. The van der Waals surface area contributed by atoms with Gasteiger partial charge in [-0.05, 0) is 46.7 Å². The normalized spacial score (nSPS) is 10.3. The fraction of sp³-hybridized carbons (Fsp3) is 0.0526. The van der Waals surface area contributed by atoms with Crippen molar-refractivity contribution in [1.29, 1.82) is 5.26 Å². The van der Waals surface area contributed by atoms with Crippen molar-refractivity contribution >= 4 is 16.7 Å². The number of hydrogen-bond acceptors (Lipinski definition) is 3. The molecule has 0 saturated carbocycles. The Kier molecular flexibility index (Phi) is 3.78. The van der Waals surface area contributed by atoms with Gasteiger partial charge >= 0.3 is 5.97 Å². The van der Waals surface area contributed by atoms with Crippen LogP contribution in [0, 0.1) is 17.1 Å². The third kappa shape index (κ3) is 2.65. The molecule has 0 N–H and O–H groups in total. The van der Waals surface area contributed by atoms with Crippen LogP contribution < -0.4 is 0 Å². The summed E-state index contributed by atoms with van der Waals surface area (Å²) in [5.74, 6) is -0.860. The Morgan fingerprint density at radius 3 is 2.65 bits per heavy atom. The van der Waals surface area contributed by atoms with Crippen LogP contribution in [0.3, 0.4) is 0 Å². The second kappa shape index (κ2) is 5.90. The van der Waals surface area contributed by atoms with Gasteiger partial charge in [0.1, 0.15) is 5.82 Å². The van der Waals surface area contributed by atoms with Crippen LogP contribution in [-0.2, 0) is 4.74 Å². The molecule has 0 bridgehead atoms. The summed E-state index contributed by atoms with van der Waals surface area (Å²) in [4.78, 5) is 11.7. The molecule has 0 radical (unpaired) electrons. The van der Waals surface area contributed by atoms with Crippen molar-refractivity contribution < 1.29 is 13.9 Å². The zero-order chi connectivity index (χ0) is 16.4. The predicted molar refractivity (Wildman–Crippen MR) is 85.4 cm³/mol. The van der Waals surface area contributed by atoms with E-state index in [0.717, 1.165) is 10.8 Å². The Balaban J connectivity index is 2.32. The van der Waals surface area contributed by atoms with Gasteiger partial charge in [0.25, 0.3) is 0 Å². The molecule has 3 aromatic carbocycles. The molecule has 0 fully saturated rings. The predicted octanol–water partition coefficient (Wildman–Crippen LogP) is 4.30. The first-order valence-electron chi connectivity index (χ1n) is 6.95. The van der Waals surface area contributed by atoms with Crippen LogP contribution in [0.15, 0.2) is 54.6 Å². The second-order valence-corrected chi connectivity index (χ2v) is 5.03. The Labute approximate surface area is 132 Å². The fourth-order valence-corrected chi connectivity index (χ4v) is 2.59. The summed E-state index contributed by atoms with van der Waals surface area (Å²) >= 11 is 0. The minimum Gasteiger partial charge on any atom is -0.465 e. The fourth-order valence-electron chi connectivity index (χ4n) is 2.59. The Morgan fingerprint density at radius 1 is 1.09 bits per heavy atom. The first-order valence-corrected chi connectivity index (χ1v) is 6.95. The highest BCUT2D eigenvalue weighted by molar-refractivity contribution is 6.02. The molecule has 0 aromatic heterocycles. The minimum absolute atomic E-state index is 0.377. The molecule has 0 unspecified atom stereocenters. The summed E-state index contributed by atoms with van der Waals surface area (Å²) < 4.78 is 18.4. The molecule has 23 heavy (non-hydrogen) atoms. The number of ether oxygens (including phenoxy) is 1. The van der Waals surface area contributed by atoms with Crippen molar-refractivity contribution in [2.45, 2.75) is 0 Å². The second-order valence-electron chi connectivity index (χ2n) is 5.03. The van der Waals surface area contributed by atoms with Crippen LogP contribution in [-0.4, -0.2) is 13.1 Å². The number of nitrogens with zero attached hydrogens (tertiary/aromatic N) is 1. The lowest BCUT2D eigenvalue weighted by molar-refractivity contribution is 0.0601. The van der Waals surface area contributed by atoms with E-state index in [2.05, 4.69) is 6.07 Å². The number of esters is 1. The van der Waals surface area contributed by atoms with Crippen LogP contribution >= 0.6 is 0 Å². The number of hydrogen-bond donors (Lipinski definition) is 0. The molecule has 3 aromatic rings. The summed E-state index contributed by atoms with van der Waals surface area (Å²) in [5.41, 5.74) is 1.98. The summed E-state index contributed by atoms with van der Waals surface area (Å²) in [6.07, 6.45) is 0. The number of fused-ring (bicyclic) bond motifs is 1. The molecule has 0 amide bonds. The van der Waals surface area contributed by atoms with Crippen LogP contribution in [0.4, 0.5) is 4.39 Å². The first kappa shape index (κ1) is 14.7. The number of carbonyl (C=O) groups excluding carboxylic acids is 1. The maximum Gasteiger partial charge on any atom is 0.337 e. The summed E-state index contributed by atoms with van der Waals surface area (Å²) in [5, 5.41) is 10.9. The van der Waals surface area contributed by atoms with Crippen molar-refractivity contribution in [2.24, 2.45) is 0 Å². The van der Waals surface area contributed by atoms with E-state index in [4.69, 9.17) is 4.74 Å². The molecule has 0 spiro atoms. The standard InChI is InChI=1S/C19H12FNO2/c1-23-19(22)13-6-5-12-3-2-4-16(17(12)9-13)18-10-15(20)8-7-14(18)11-21/h2-10H,1H3. The minimum atomic E-state index is -0.443. The highest BCUT2D eigenvalue weighted by Crippen LogP contribution is 2.32. The van der Waals surface area contributed by atoms with Crippen molar-refractivity contribution in [2.75, 3.05) is 7.11 Å². The molecule has 4 heteroatoms. The average Bonchev–Trinajstić information content (AvgIpc) is 2.60. The molecule has 0 heterocycles. The average molecular weight is 305 g/mol. The molecule has 0 saturated heterocycles. The van der Waals surface area contributed by atoms with Crippen molar-refractivity contribution in [1.82, 2.24) is 0 Å². The van der Waals surface area contributed by atoms with Crippen LogP contribution in [0.2, 0.25) is 0 Å². The van der Waals surface area contributed by atoms with E-state index < -0.39 is 11.8 Å². The zero-order valence-electron chi connectivity index (χ0n) is 12.3. The van der Waals surface area contributed by atoms with E-state index in [0.29, 0.717) is 22.3 Å². The molecule has 0 aliphatic carbocycles. The molecule has 3 nitrogen and oxygen atoms in total. The summed E-state index contributed by atoms with van der Waals surface area (Å²) in [6, 6.07) is 16.8. The monoisotopic (exact) mass is 305 g/mol. The van der Waals surface area contributed by atoms with Gasteiger partial charge < -0.3 is 4.74 Å². The van der Waals surface area contributed by atoms with Crippen molar-refractivity contribution in [3.8, 4) is 17.2 Å². The van der Waals surface area contributed by atoms with Crippen molar-refractivity contribution in [3.63, 3.8) is 0 Å². The van der Waals surface area contributed by atoms with Gasteiger partial charge in [-0.15, -0.1) is 0 Å². The SMILES string of the molecule is COC(=O)c1ccc2cccc(-c3cc(F)ccc3C#N)c2c1. The van der Waals surface area contributed by atoms with Gasteiger partial charge in [0.05, 0.1) is 24.3 Å². The molecule has 112 valence electrons. The number of nitriles is 1. The Bertz CT molecular complexity index is 957. The molecule has 0 atom stereocenters. The van der Waals surface area contributed by atoms with E-state index in [-0.39, 0.29) is 0 Å². The first-order chi connectivity index (χ1) is 11.1. The highest BCUT2D eigenvalue weighted by atomic mass is 19.1. The van der Waals surface area contributed by atoms with Gasteiger partial charge in [-0.3, -0.25) is 0 Å². The third-order valence-electron chi connectivity index (χ3n) is 3.70. The maximum absolute atomic E-state index is 13.6. The molecular weight excluding hydrogens is 293 g/mol. The molecular formula is C19H12FNO2. The molecule has 0 aliphatic rings. The highest BCUT2D eigenvalue weighted by Gasteiger charge is 2.12. The largest absolute Gasteiger partial charge is 0.465 e. The lowest BCUT2D eigenvalue weighted by Crippen LogP contribution is -2.00. The van der Waals surface area contributed by atoms with Crippen LogP contribution in [0.25, 0.3) is 21.9 Å². The topological polar surface area (TPSA) is 50.1 Å². The van der Waals surface area contributed by atoms with E-state index >= 15 is 0 Å². The van der Waals surface area contributed by atoms with Gasteiger partial charge in [0.2, 0.25) is 0 Å². The number of rotatable bonds is 2. The van der Waals surface area contributed by atoms with Gasteiger partial charge in [-0.25, -0.2) is 9.18 Å². The lowest BCUT2D eigenvalue weighted by Gasteiger charge is -2.10. The number of carbonyl (C=O) groups is 1. The summed E-state index contributed by atoms with van der Waals surface area (Å²) in [7, 11) is 1.32. The van der Waals surface area contributed by atoms with E-state index in [1.165, 1.54) is 25.3 Å². The molecule has 3 rings (SSSR count). The van der Waals surface area contributed by atoms with E-state index in [1.54, 1.807) is 24.3 Å². The number of benzene rings is 3. The number of halogens is 1. The van der Waals surface area contributed by atoms with E-state index in [1.807, 2.05) is 12.1 Å². The smallest absolute Gasteiger partial charge is 0.337 e. The Morgan fingerprint density at radius 2 is 1.91 bits per heavy atom.